The number of hydrogen-bond acceptors (Lipinski definition) is 11. The van der Waals surface area contributed by atoms with Crippen molar-refractivity contribution in [2.45, 2.75) is 39.0 Å². The van der Waals surface area contributed by atoms with Gasteiger partial charge in [0.05, 0.1) is 19.5 Å². The second kappa shape index (κ2) is 11.7. The molecule has 36 heavy (non-hydrogen) atoms. The lowest BCUT2D eigenvalue weighted by molar-refractivity contribution is 0.0575. The van der Waals surface area contributed by atoms with Gasteiger partial charge in [0.15, 0.2) is 16.7 Å². The van der Waals surface area contributed by atoms with E-state index < -0.39 is 0 Å². The van der Waals surface area contributed by atoms with E-state index in [1.54, 1.807) is 26.6 Å². The van der Waals surface area contributed by atoms with E-state index >= 15 is 0 Å². The van der Waals surface area contributed by atoms with Gasteiger partial charge in [0, 0.05) is 30.1 Å². The fourth-order valence-corrected chi connectivity index (χ4v) is 5.08. The first kappa shape index (κ1) is 25.9. The second-order valence-corrected chi connectivity index (χ2v) is 9.95. The van der Waals surface area contributed by atoms with Gasteiger partial charge in [-0.15, -0.1) is 21.5 Å². The Hall–Kier alpha value is -3.22. The zero-order valence-corrected chi connectivity index (χ0v) is 22.7. The maximum atomic E-state index is 6.01. The van der Waals surface area contributed by atoms with E-state index in [1.165, 1.54) is 23.3 Å². The second-order valence-electron chi connectivity index (χ2n) is 7.91. The van der Waals surface area contributed by atoms with Crippen LogP contribution in [-0.4, -0.2) is 55.8 Å². The highest BCUT2D eigenvalue weighted by Crippen LogP contribution is 2.39. The molecule has 0 saturated carbocycles. The van der Waals surface area contributed by atoms with Gasteiger partial charge in [-0.2, -0.15) is 0 Å². The minimum absolute atomic E-state index is 0.0528. The molecule has 0 bridgehead atoms. The Balaban J connectivity index is 1.71. The summed E-state index contributed by atoms with van der Waals surface area (Å²) in [6.07, 6.45) is 3.28. The lowest BCUT2D eigenvalue weighted by Gasteiger charge is -2.23. The van der Waals surface area contributed by atoms with Crippen molar-refractivity contribution in [3.63, 3.8) is 0 Å². The van der Waals surface area contributed by atoms with Crippen LogP contribution in [0.15, 0.2) is 36.0 Å². The zero-order chi connectivity index (χ0) is 25.7. The highest BCUT2D eigenvalue weighted by molar-refractivity contribution is 8.01. The van der Waals surface area contributed by atoms with Gasteiger partial charge in [-0.1, -0.05) is 6.07 Å². The Morgan fingerprint density at radius 1 is 1.08 bits per heavy atom. The summed E-state index contributed by atoms with van der Waals surface area (Å²) in [5.41, 5.74) is 2.58. The topological polar surface area (TPSA) is 109 Å². The summed E-state index contributed by atoms with van der Waals surface area (Å²) >= 11 is 2.95. The number of para-hydroxylation sites is 1. The molecule has 0 aliphatic carbocycles. The summed E-state index contributed by atoms with van der Waals surface area (Å²) in [6, 6.07) is 5.61. The number of nitrogens with zero attached hydrogens (tertiary/aromatic N) is 6. The van der Waals surface area contributed by atoms with Crippen LogP contribution in [0.5, 0.6) is 11.5 Å². The van der Waals surface area contributed by atoms with E-state index in [0.29, 0.717) is 41.4 Å². The monoisotopic (exact) mass is 527 g/mol. The van der Waals surface area contributed by atoms with Gasteiger partial charge in [0.2, 0.25) is 5.95 Å². The molecular weight excluding hydrogens is 498 g/mol. The normalized spacial score (nSPS) is 12.8. The lowest BCUT2D eigenvalue weighted by atomic mass is 10.2. The number of benzene rings is 1. The Bertz CT molecular complexity index is 1270. The number of hydrogen-bond donors (Lipinski definition) is 1. The van der Waals surface area contributed by atoms with Gasteiger partial charge >= 0.3 is 0 Å². The summed E-state index contributed by atoms with van der Waals surface area (Å²) in [4.78, 5) is 13.6. The molecule has 3 aromatic heterocycles. The number of methoxy groups -OCH3 is 2. The summed E-state index contributed by atoms with van der Waals surface area (Å²) in [5.74, 6) is 2.94. The van der Waals surface area contributed by atoms with Gasteiger partial charge in [0.25, 0.3) is 0 Å². The van der Waals surface area contributed by atoms with Crippen LogP contribution in [0.3, 0.4) is 0 Å². The molecule has 10 nitrogen and oxygen atoms in total. The van der Waals surface area contributed by atoms with Crippen molar-refractivity contribution in [2.24, 2.45) is 0 Å². The van der Waals surface area contributed by atoms with Crippen molar-refractivity contribution in [3.8, 4) is 28.0 Å². The van der Waals surface area contributed by atoms with Crippen LogP contribution in [0.2, 0.25) is 0 Å². The number of ether oxygens (including phenoxy) is 3. The van der Waals surface area contributed by atoms with Crippen molar-refractivity contribution in [3.05, 3.63) is 53.1 Å². The van der Waals surface area contributed by atoms with Crippen LogP contribution in [0.4, 0.5) is 5.95 Å². The predicted molar refractivity (Wildman–Crippen MR) is 142 cm³/mol. The van der Waals surface area contributed by atoms with Gasteiger partial charge in [-0.3, -0.25) is 9.29 Å². The molecular formula is C24H29N7O3S2. The maximum absolute atomic E-state index is 6.01. The van der Waals surface area contributed by atoms with Crippen molar-refractivity contribution < 1.29 is 14.2 Å². The van der Waals surface area contributed by atoms with Crippen LogP contribution in [0.1, 0.15) is 37.0 Å². The summed E-state index contributed by atoms with van der Waals surface area (Å²) in [5, 5.41) is 11.6. The van der Waals surface area contributed by atoms with Crippen LogP contribution in [0.25, 0.3) is 16.5 Å². The molecule has 0 aliphatic heterocycles. The van der Waals surface area contributed by atoms with E-state index in [0.717, 1.165) is 16.3 Å². The summed E-state index contributed by atoms with van der Waals surface area (Å²) < 4.78 is 22.6. The van der Waals surface area contributed by atoms with Crippen molar-refractivity contribution >= 4 is 29.2 Å². The molecule has 4 aromatic rings. The predicted octanol–water partition coefficient (Wildman–Crippen LogP) is 5.04. The SMILES string of the molecule is CCOC(c1ncc(C)cn1)C(C)SNc1nnc(-c2nc(C)cs2)n1-c1c(OC)cccc1OC. The van der Waals surface area contributed by atoms with E-state index in [2.05, 4.69) is 36.8 Å². The third kappa shape index (κ3) is 5.45. The van der Waals surface area contributed by atoms with E-state index in [4.69, 9.17) is 14.2 Å². The standard InChI is InChI=1S/C24H29N7O3S2/c1-7-34-20(21-25-11-14(2)12-26-21)16(4)36-30-24-29-28-22(23-27-15(3)13-35-23)31(24)19-17(32-5)9-8-10-18(19)33-6/h8-13,16,20H,7H2,1-6H3,(H,29,30). The van der Waals surface area contributed by atoms with Crippen molar-refractivity contribution in [1.29, 1.82) is 0 Å². The minimum atomic E-state index is -0.314. The molecule has 190 valence electrons. The van der Waals surface area contributed by atoms with Gasteiger partial charge in [-0.25, -0.2) is 15.0 Å². The molecule has 3 heterocycles. The fourth-order valence-electron chi connectivity index (χ4n) is 3.57. The van der Waals surface area contributed by atoms with Gasteiger partial charge in [0.1, 0.15) is 23.3 Å². The first-order chi connectivity index (χ1) is 17.5. The smallest absolute Gasteiger partial charge is 0.239 e. The number of thiazole rings is 1. The van der Waals surface area contributed by atoms with Crippen LogP contribution in [0, 0.1) is 13.8 Å². The maximum Gasteiger partial charge on any atom is 0.239 e. The molecule has 4 rings (SSSR count). The van der Waals surface area contributed by atoms with Gasteiger partial charge in [-0.05, 0) is 57.3 Å². The zero-order valence-electron chi connectivity index (χ0n) is 21.1. The molecule has 0 amide bonds. The average molecular weight is 528 g/mol. The molecule has 0 saturated heterocycles. The molecule has 0 radical (unpaired) electrons. The minimum Gasteiger partial charge on any atom is -0.494 e. The van der Waals surface area contributed by atoms with E-state index in [1.807, 2.05) is 48.9 Å². The highest BCUT2D eigenvalue weighted by atomic mass is 32.2. The molecule has 0 fully saturated rings. The molecule has 1 N–H and O–H groups in total. The Morgan fingerprint density at radius 3 is 2.36 bits per heavy atom. The molecule has 1 aromatic carbocycles. The summed E-state index contributed by atoms with van der Waals surface area (Å²) in [7, 11) is 3.24. The Labute approximate surface area is 218 Å². The summed E-state index contributed by atoms with van der Waals surface area (Å²) in [6.45, 7) is 8.45. The molecule has 12 heteroatoms. The average Bonchev–Trinajstić information content (AvgIpc) is 3.51. The molecule has 0 spiro atoms. The molecule has 0 aliphatic rings. The van der Waals surface area contributed by atoms with E-state index in [9.17, 15) is 0 Å². The largest absolute Gasteiger partial charge is 0.494 e. The number of rotatable bonds is 11. The van der Waals surface area contributed by atoms with Gasteiger partial charge < -0.3 is 14.2 Å². The quantitative estimate of drug-likeness (QED) is 0.266. The number of nitrogens with one attached hydrogen (secondary N) is 1. The fraction of sp³-hybridized carbons (Fsp3) is 0.375. The van der Waals surface area contributed by atoms with Crippen molar-refractivity contribution in [1.82, 2.24) is 29.7 Å². The van der Waals surface area contributed by atoms with Crippen LogP contribution in [-0.2, 0) is 4.74 Å². The van der Waals surface area contributed by atoms with Crippen molar-refractivity contribution in [2.75, 3.05) is 25.5 Å². The third-order valence-corrected chi connectivity index (χ3v) is 7.14. The third-order valence-electron chi connectivity index (χ3n) is 5.26. The Morgan fingerprint density at radius 2 is 1.78 bits per heavy atom. The number of aromatic nitrogens is 6. The van der Waals surface area contributed by atoms with Crippen LogP contribution >= 0.6 is 23.3 Å². The van der Waals surface area contributed by atoms with E-state index in [-0.39, 0.29) is 11.4 Å². The molecule has 2 atom stereocenters. The number of aryl methyl sites for hydroxylation is 2. The first-order valence-electron chi connectivity index (χ1n) is 11.4. The van der Waals surface area contributed by atoms with Crippen LogP contribution < -0.4 is 14.2 Å². The first-order valence-corrected chi connectivity index (χ1v) is 13.1. The Kier molecular flexibility index (Phi) is 8.39. The lowest BCUT2D eigenvalue weighted by Crippen LogP contribution is -2.20. The number of anilines is 1. The highest BCUT2D eigenvalue weighted by Gasteiger charge is 2.27. The molecule has 2 unspecified atom stereocenters.